The highest BCUT2D eigenvalue weighted by atomic mass is 19.1. The summed E-state index contributed by atoms with van der Waals surface area (Å²) in [7, 11) is 0. The van der Waals surface area contributed by atoms with Crippen LogP contribution in [0.15, 0.2) is 18.2 Å². The van der Waals surface area contributed by atoms with Crippen molar-refractivity contribution in [1.29, 1.82) is 0 Å². The lowest BCUT2D eigenvalue weighted by molar-refractivity contribution is -0.118. The number of carboxylic acid groups (broad SMARTS) is 1. The van der Waals surface area contributed by atoms with Gasteiger partial charge < -0.3 is 21.5 Å². The lowest BCUT2D eigenvalue weighted by Gasteiger charge is -2.09. The molecule has 1 aromatic carbocycles. The molecule has 114 valence electrons. The number of nitrogens with two attached hydrogens (primary N) is 1. The quantitative estimate of drug-likeness (QED) is 0.567. The van der Waals surface area contributed by atoms with Crippen molar-refractivity contribution in [2.24, 2.45) is 5.73 Å². The fraction of sp³-hybridized carbons (Fsp3) is 0.308. The number of carbonyl (C=O) groups excluding carboxylic acids is 2. The molecule has 0 radical (unpaired) electrons. The number of unbranched alkanes of at least 4 members (excludes halogenated alkanes) is 1. The molecule has 0 aromatic heterocycles. The van der Waals surface area contributed by atoms with Crippen molar-refractivity contribution >= 4 is 23.6 Å². The predicted molar refractivity (Wildman–Crippen MR) is 73.4 cm³/mol. The molecule has 7 nitrogen and oxygen atoms in total. The molecule has 0 aliphatic rings. The molecule has 0 unspecified atom stereocenters. The van der Waals surface area contributed by atoms with E-state index in [1.165, 1.54) is 6.07 Å². The van der Waals surface area contributed by atoms with Crippen molar-refractivity contribution in [3.05, 3.63) is 29.6 Å². The highest BCUT2D eigenvalue weighted by Crippen LogP contribution is 2.16. The van der Waals surface area contributed by atoms with Gasteiger partial charge >= 0.3 is 12.0 Å². The molecule has 0 fully saturated rings. The van der Waals surface area contributed by atoms with Gasteiger partial charge in [-0.05, 0) is 31.0 Å². The standard InChI is InChI=1S/C13H16FN3O4/c14-8-4-5-10(9(7-8)12(19)20)17-13(21)16-6-2-1-3-11(15)18/h4-5,7H,1-3,6H2,(H2,15,18)(H,19,20)(H2,16,17,21). The van der Waals surface area contributed by atoms with E-state index in [4.69, 9.17) is 10.8 Å². The summed E-state index contributed by atoms with van der Waals surface area (Å²) in [5, 5.41) is 13.7. The van der Waals surface area contributed by atoms with E-state index in [1.807, 2.05) is 0 Å². The van der Waals surface area contributed by atoms with Gasteiger partial charge in [-0.15, -0.1) is 0 Å². The second kappa shape index (κ2) is 7.83. The molecule has 0 heterocycles. The Morgan fingerprint density at radius 1 is 1.24 bits per heavy atom. The molecular weight excluding hydrogens is 281 g/mol. The number of hydrogen-bond donors (Lipinski definition) is 4. The van der Waals surface area contributed by atoms with Crippen LogP contribution in [0, 0.1) is 5.82 Å². The summed E-state index contributed by atoms with van der Waals surface area (Å²) < 4.78 is 13.0. The molecule has 3 amide bonds. The second-order valence-corrected chi connectivity index (χ2v) is 4.30. The fourth-order valence-electron chi connectivity index (χ4n) is 1.60. The van der Waals surface area contributed by atoms with E-state index in [9.17, 15) is 18.8 Å². The summed E-state index contributed by atoms with van der Waals surface area (Å²) in [4.78, 5) is 33.0. The summed E-state index contributed by atoms with van der Waals surface area (Å²) in [5.41, 5.74) is 4.63. The first-order chi connectivity index (χ1) is 9.90. The molecule has 0 saturated heterocycles. The Hall–Kier alpha value is -2.64. The Morgan fingerprint density at radius 3 is 2.57 bits per heavy atom. The molecule has 0 spiro atoms. The molecule has 8 heteroatoms. The van der Waals surface area contributed by atoms with Gasteiger partial charge in [0.2, 0.25) is 5.91 Å². The number of carboxylic acids is 1. The van der Waals surface area contributed by atoms with Crippen LogP contribution in [0.4, 0.5) is 14.9 Å². The largest absolute Gasteiger partial charge is 0.478 e. The van der Waals surface area contributed by atoms with Crippen LogP contribution in [0.25, 0.3) is 0 Å². The number of primary amides is 1. The van der Waals surface area contributed by atoms with E-state index in [0.29, 0.717) is 19.4 Å². The SMILES string of the molecule is NC(=O)CCCCNC(=O)Nc1ccc(F)cc1C(=O)O. The van der Waals surface area contributed by atoms with Crippen LogP contribution in [-0.2, 0) is 4.79 Å². The van der Waals surface area contributed by atoms with Crippen LogP contribution < -0.4 is 16.4 Å². The predicted octanol–water partition coefficient (Wildman–Crippen LogP) is 1.30. The van der Waals surface area contributed by atoms with Crippen LogP contribution in [0.2, 0.25) is 0 Å². The number of halogens is 1. The normalized spacial score (nSPS) is 9.95. The van der Waals surface area contributed by atoms with Crippen molar-refractivity contribution in [2.75, 3.05) is 11.9 Å². The average Bonchev–Trinajstić information content (AvgIpc) is 2.39. The molecule has 0 bridgehead atoms. The summed E-state index contributed by atoms with van der Waals surface area (Å²) in [5.74, 6) is -2.45. The molecule has 5 N–H and O–H groups in total. The highest BCUT2D eigenvalue weighted by molar-refractivity contribution is 5.99. The number of carbonyl (C=O) groups is 3. The molecule has 0 atom stereocenters. The Bertz CT molecular complexity index is 548. The van der Waals surface area contributed by atoms with Crippen LogP contribution in [0.3, 0.4) is 0 Å². The van der Waals surface area contributed by atoms with E-state index in [1.54, 1.807) is 0 Å². The number of aromatic carboxylic acids is 1. The van der Waals surface area contributed by atoms with Crippen LogP contribution in [0.1, 0.15) is 29.6 Å². The van der Waals surface area contributed by atoms with E-state index < -0.39 is 23.7 Å². The van der Waals surface area contributed by atoms with Crippen molar-refractivity contribution in [3.63, 3.8) is 0 Å². The zero-order valence-electron chi connectivity index (χ0n) is 11.2. The first-order valence-electron chi connectivity index (χ1n) is 6.26. The van der Waals surface area contributed by atoms with Gasteiger partial charge in [-0.1, -0.05) is 0 Å². The lowest BCUT2D eigenvalue weighted by atomic mass is 10.1. The van der Waals surface area contributed by atoms with Gasteiger partial charge in [-0.3, -0.25) is 4.79 Å². The van der Waals surface area contributed by atoms with Gasteiger partial charge in [0.15, 0.2) is 0 Å². The van der Waals surface area contributed by atoms with Gasteiger partial charge in [0.05, 0.1) is 11.3 Å². The summed E-state index contributed by atoms with van der Waals surface area (Å²) in [6, 6.07) is 2.44. The van der Waals surface area contributed by atoms with E-state index >= 15 is 0 Å². The third-order valence-corrected chi connectivity index (χ3v) is 2.60. The zero-order valence-corrected chi connectivity index (χ0v) is 11.2. The van der Waals surface area contributed by atoms with Crippen molar-refractivity contribution < 1.29 is 23.9 Å². The van der Waals surface area contributed by atoms with Crippen LogP contribution in [-0.4, -0.2) is 29.6 Å². The zero-order chi connectivity index (χ0) is 15.8. The van der Waals surface area contributed by atoms with Crippen LogP contribution >= 0.6 is 0 Å². The smallest absolute Gasteiger partial charge is 0.337 e. The number of urea groups is 1. The van der Waals surface area contributed by atoms with Gasteiger partial charge in [-0.2, -0.15) is 0 Å². The van der Waals surface area contributed by atoms with E-state index in [0.717, 1.165) is 12.1 Å². The number of nitrogens with one attached hydrogen (secondary N) is 2. The number of benzene rings is 1. The Labute approximate surface area is 120 Å². The summed E-state index contributed by atoms with van der Waals surface area (Å²) >= 11 is 0. The number of rotatable bonds is 7. The molecule has 0 aliphatic carbocycles. The fourth-order valence-corrected chi connectivity index (χ4v) is 1.60. The van der Waals surface area contributed by atoms with Gasteiger partial charge in [0, 0.05) is 13.0 Å². The number of amides is 3. The number of hydrogen-bond acceptors (Lipinski definition) is 3. The van der Waals surface area contributed by atoms with Gasteiger partial charge in [-0.25, -0.2) is 14.0 Å². The Kier molecular flexibility index (Phi) is 6.12. The minimum Gasteiger partial charge on any atom is -0.478 e. The Balaban J connectivity index is 2.48. The topological polar surface area (TPSA) is 122 Å². The minimum absolute atomic E-state index is 0.00136. The maximum Gasteiger partial charge on any atom is 0.337 e. The summed E-state index contributed by atoms with van der Waals surface area (Å²) in [6.07, 6.45) is 1.35. The third-order valence-electron chi connectivity index (χ3n) is 2.60. The highest BCUT2D eigenvalue weighted by Gasteiger charge is 2.13. The molecule has 1 rings (SSSR count). The third kappa shape index (κ3) is 5.89. The minimum atomic E-state index is -1.34. The van der Waals surface area contributed by atoms with E-state index in [2.05, 4.69) is 10.6 Å². The van der Waals surface area contributed by atoms with Crippen molar-refractivity contribution in [1.82, 2.24) is 5.32 Å². The van der Waals surface area contributed by atoms with E-state index in [-0.39, 0.29) is 17.7 Å². The maximum absolute atomic E-state index is 13.0. The Morgan fingerprint density at radius 2 is 1.95 bits per heavy atom. The second-order valence-electron chi connectivity index (χ2n) is 4.30. The van der Waals surface area contributed by atoms with Crippen molar-refractivity contribution in [3.8, 4) is 0 Å². The molecular formula is C13H16FN3O4. The first-order valence-corrected chi connectivity index (χ1v) is 6.26. The molecule has 21 heavy (non-hydrogen) atoms. The lowest BCUT2D eigenvalue weighted by Crippen LogP contribution is -2.30. The monoisotopic (exact) mass is 297 g/mol. The van der Waals surface area contributed by atoms with Gasteiger partial charge in [0.25, 0.3) is 0 Å². The van der Waals surface area contributed by atoms with Crippen molar-refractivity contribution in [2.45, 2.75) is 19.3 Å². The average molecular weight is 297 g/mol. The molecule has 0 saturated carbocycles. The maximum atomic E-state index is 13.0. The van der Waals surface area contributed by atoms with Gasteiger partial charge in [0.1, 0.15) is 5.82 Å². The van der Waals surface area contributed by atoms with Crippen LogP contribution in [0.5, 0.6) is 0 Å². The summed E-state index contributed by atoms with van der Waals surface area (Å²) in [6.45, 7) is 0.308. The molecule has 1 aromatic rings. The molecule has 0 aliphatic heterocycles. The first kappa shape index (κ1) is 16.4. The number of anilines is 1.